The average molecular weight is 356 g/mol. The van der Waals surface area contributed by atoms with E-state index in [0.717, 1.165) is 24.8 Å². The first-order valence-corrected chi connectivity index (χ1v) is 9.80. The topological polar surface area (TPSA) is 12.5 Å². The van der Waals surface area contributed by atoms with E-state index in [1.807, 2.05) is 0 Å². The number of nitrogens with zero attached hydrogens (tertiary/aromatic N) is 1. The maximum atomic E-state index is 5.99. The zero-order valence-electron chi connectivity index (χ0n) is 15.7. The normalized spacial score (nSPS) is 14.5. The molecule has 26 heavy (non-hydrogen) atoms. The van der Waals surface area contributed by atoms with Gasteiger partial charge in [0, 0.05) is 13.7 Å². The van der Waals surface area contributed by atoms with Crippen molar-refractivity contribution in [3.05, 3.63) is 59.7 Å². The van der Waals surface area contributed by atoms with Crippen molar-refractivity contribution >= 4 is 5.69 Å². The van der Waals surface area contributed by atoms with Gasteiger partial charge in [-0.2, -0.15) is 0 Å². The Morgan fingerprint density at radius 3 is 2.42 bits per heavy atom. The summed E-state index contributed by atoms with van der Waals surface area (Å²) in [6.07, 6.45) is 6.88. The summed E-state index contributed by atoms with van der Waals surface area (Å²) in [5.74, 6) is 1.75. The molecule has 0 spiro atoms. The van der Waals surface area contributed by atoms with Crippen LogP contribution in [0.2, 0.25) is 0 Å². The molecule has 3 rings (SSSR count). The Labute approximate surface area is 161 Å². The van der Waals surface area contributed by atoms with Gasteiger partial charge in [0.05, 0.1) is 6.54 Å². The van der Waals surface area contributed by atoms with E-state index < -0.39 is 0 Å². The molecule has 2 nitrogen and oxygen atoms in total. The van der Waals surface area contributed by atoms with Crippen LogP contribution in [0.3, 0.4) is 0 Å². The van der Waals surface area contributed by atoms with Gasteiger partial charge in [-0.1, -0.05) is 51.0 Å². The van der Waals surface area contributed by atoms with Gasteiger partial charge in [0.15, 0.2) is 0 Å². The third-order valence-corrected chi connectivity index (χ3v) is 5.34. The van der Waals surface area contributed by atoms with E-state index in [1.165, 1.54) is 48.9 Å². The Bertz CT molecular complexity index is 650. The van der Waals surface area contributed by atoms with Crippen molar-refractivity contribution in [3.63, 3.8) is 0 Å². The second kappa shape index (κ2) is 10.3. The molecular weight excluding hydrogens is 318 g/mol. The molecule has 0 N–H and O–H groups in total. The summed E-state index contributed by atoms with van der Waals surface area (Å²) in [6.45, 7) is 6.95. The molecule has 0 radical (unpaired) electrons. The van der Waals surface area contributed by atoms with Crippen LogP contribution in [-0.4, -0.2) is 19.7 Å². The second-order valence-corrected chi connectivity index (χ2v) is 7.17. The summed E-state index contributed by atoms with van der Waals surface area (Å²) in [5, 5.41) is 0. The largest absolute Gasteiger partial charge is 0.492 e. The first-order chi connectivity index (χ1) is 12.3. The molecule has 0 amide bonds. The van der Waals surface area contributed by atoms with Crippen molar-refractivity contribution in [2.45, 2.75) is 59.3 Å². The van der Waals surface area contributed by atoms with Crippen molar-refractivity contribution in [2.75, 3.05) is 24.6 Å². The monoisotopic (exact) mass is 355 g/mol. The number of rotatable bonds is 7. The fraction of sp³-hybridized carbons (Fsp3) is 0.500. The van der Waals surface area contributed by atoms with Gasteiger partial charge < -0.3 is 9.64 Å². The van der Waals surface area contributed by atoms with Gasteiger partial charge in [-0.25, -0.2) is 0 Å². The quantitative estimate of drug-likeness (QED) is 0.539. The standard InChI is InChI=1S/C23H31NO.CH4.H2/c1-3-24(22-11-7-8-19(2)18-22)16-17-25-23-14-12-21(13-15-23)20-9-5-4-6-10-20;;/h7-8,11-15,18,20H,3-6,9-10,16-17H2,1-2H3;1H4;1H. The summed E-state index contributed by atoms with van der Waals surface area (Å²) >= 11 is 0. The molecule has 2 aromatic rings. The van der Waals surface area contributed by atoms with Gasteiger partial charge in [-0.05, 0) is 68.0 Å². The number of benzene rings is 2. The average Bonchev–Trinajstić information content (AvgIpc) is 2.66. The SMILES string of the molecule is C.CCN(CCOc1ccc(C2CCCCC2)cc1)c1cccc(C)c1.[HH]. The highest BCUT2D eigenvalue weighted by Gasteiger charge is 2.15. The van der Waals surface area contributed by atoms with Crippen LogP contribution in [0.4, 0.5) is 5.69 Å². The van der Waals surface area contributed by atoms with E-state index >= 15 is 0 Å². The number of ether oxygens (including phenoxy) is 1. The van der Waals surface area contributed by atoms with Crippen molar-refractivity contribution in [1.82, 2.24) is 0 Å². The van der Waals surface area contributed by atoms with Gasteiger partial charge in [-0.3, -0.25) is 0 Å². The summed E-state index contributed by atoms with van der Waals surface area (Å²) in [5.41, 5.74) is 4.07. The van der Waals surface area contributed by atoms with Crippen molar-refractivity contribution in [2.24, 2.45) is 0 Å². The zero-order chi connectivity index (χ0) is 17.5. The van der Waals surface area contributed by atoms with Crippen LogP contribution in [0.15, 0.2) is 48.5 Å². The number of hydrogen-bond donors (Lipinski definition) is 0. The molecule has 0 saturated heterocycles. The summed E-state index contributed by atoms with van der Waals surface area (Å²) in [6, 6.07) is 17.5. The highest BCUT2D eigenvalue weighted by Crippen LogP contribution is 2.33. The first-order valence-electron chi connectivity index (χ1n) is 9.80. The molecule has 0 bridgehead atoms. The molecule has 0 aliphatic heterocycles. The summed E-state index contributed by atoms with van der Waals surface area (Å²) < 4.78 is 5.99. The molecule has 1 saturated carbocycles. The Hall–Kier alpha value is -1.96. The third-order valence-electron chi connectivity index (χ3n) is 5.34. The molecule has 144 valence electrons. The first kappa shape index (κ1) is 20.4. The Balaban J connectivity index is 0.00000182. The molecule has 1 aliphatic rings. The van der Waals surface area contributed by atoms with Crippen LogP contribution < -0.4 is 9.64 Å². The van der Waals surface area contributed by atoms with Gasteiger partial charge >= 0.3 is 0 Å². The van der Waals surface area contributed by atoms with E-state index in [2.05, 4.69) is 67.3 Å². The predicted molar refractivity (Wildman–Crippen MR) is 116 cm³/mol. The van der Waals surface area contributed by atoms with Crippen LogP contribution in [0.1, 0.15) is 64.9 Å². The van der Waals surface area contributed by atoms with Crippen LogP contribution >= 0.6 is 0 Å². The van der Waals surface area contributed by atoms with E-state index in [0.29, 0.717) is 6.61 Å². The summed E-state index contributed by atoms with van der Waals surface area (Å²) in [7, 11) is 0. The molecule has 2 aromatic carbocycles. The molecule has 2 heteroatoms. The maximum absolute atomic E-state index is 5.99. The Morgan fingerprint density at radius 2 is 1.77 bits per heavy atom. The number of hydrogen-bond acceptors (Lipinski definition) is 2. The van der Waals surface area contributed by atoms with E-state index in [9.17, 15) is 0 Å². The fourth-order valence-electron chi connectivity index (χ4n) is 3.84. The van der Waals surface area contributed by atoms with Crippen molar-refractivity contribution in [1.29, 1.82) is 0 Å². The third kappa shape index (κ3) is 5.52. The minimum absolute atomic E-state index is 0. The van der Waals surface area contributed by atoms with Gasteiger partial charge in [0.2, 0.25) is 0 Å². The Morgan fingerprint density at radius 1 is 1.04 bits per heavy atom. The second-order valence-electron chi connectivity index (χ2n) is 7.17. The highest BCUT2D eigenvalue weighted by molar-refractivity contribution is 5.48. The minimum atomic E-state index is 0. The smallest absolute Gasteiger partial charge is 0.119 e. The van der Waals surface area contributed by atoms with Crippen LogP contribution in [0.25, 0.3) is 0 Å². The predicted octanol–water partition coefficient (Wildman–Crippen LogP) is 6.83. The molecule has 0 heterocycles. The van der Waals surface area contributed by atoms with Gasteiger partial charge in [0.25, 0.3) is 0 Å². The molecular formula is C24H37NO. The van der Waals surface area contributed by atoms with E-state index in [-0.39, 0.29) is 8.85 Å². The zero-order valence-corrected chi connectivity index (χ0v) is 15.7. The highest BCUT2D eigenvalue weighted by atomic mass is 16.5. The molecule has 0 aromatic heterocycles. The van der Waals surface area contributed by atoms with Crippen LogP contribution in [0.5, 0.6) is 5.75 Å². The van der Waals surface area contributed by atoms with E-state index in [1.54, 1.807) is 0 Å². The van der Waals surface area contributed by atoms with E-state index in [4.69, 9.17) is 4.74 Å². The lowest BCUT2D eigenvalue weighted by atomic mass is 9.84. The lowest BCUT2D eigenvalue weighted by molar-refractivity contribution is 0.324. The molecule has 0 atom stereocenters. The Kier molecular flexibility index (Phi) is 8.03. The maximum Gasteiger partial charge on any atom is 0.119 e. The lowest BCUT2D eigenvalue weighted by Crippen LogP contribution is -2.28. The number of likely N-dealkylation sites (N-methyl/N-ethyl adjacent to an activating group) is 1. The fourth-order valence-corrected chi connectivity index (χ4v) is 3.84. The van der Waals surface area contributed by atoms with Gasteiger partial charge in [0.1, 0.15) is 12.4 Å². The van der Waals surface area contributed by atoms with Gasteiger partial charge in [-0.15, -0.1) is 0 Å². The minimum Gasteiger partial charge on any atom is -0.492 e. The van der Waals surface area contributed by atoms with Crippen molar-refractivity contribution < 1.29 is 6.16 Å². The van der Waals surface area contributed by atoms with Crippen molar-refractivity contribution in [3.8, 4) is 5.75 Å². The summed E-state index contributed by atoms with van der Waals surface area (Å²) in [4.78, 5) is 2.36. The van der Waals surface area contributed by atoms with Crippen LogP contribution in [-0.2, 0) is 0 Å². The molecule has 1 fully saturated rings. The lowest BCUT2D eigenvalue weighted by Gasteiger charge is -2.24. The number of aryl methyl sites for hydroxylation is 1. The number of anilines is 1. The molecule has 1 aliphatic carbocycles. The molecule has 0 unspecified atom stereocenters. The van der Waals surface area contributed by atoms with Crippen LogP contribution in [0, 0.1) is 6.92 Å².